The Labute approximate surface area is 166 Å². The molecule has 0 spiro atoms. The summed E-state index contributed by atoms with van der Waals surface area (Å²) in [5.74, 6) is -0.353. The van der Waals surface area contributed by atoms with Crippen LogP contribution in [0.5, 0.6) is 0 Å². The van der Waals surface area contributed by atoms with Crippen molar-refractivity contribution in [2.45, 2.75) is 20.4 Å². The summed E-state index contributed by atoms with van der Waals surface area (Å²) in [7, 11) is 0. The van der Waals surface area contributed by atoms with Gasteiger partial charge in [0, 0.05) is 12.5 Å². The summed E-state index contributed by atoms with van der Waals surface area (Å²) in [4.78, 5) is 27.9. The average Bonchev–Trinajstić information content (AvgIpc) is 2.70. The highest BCUT2D eigenvalue weighted by Crippen LogP contribution is 2.09. The zero-order valence-electron chi connectivity index (χ0n) is 16.6. The number of hydrogen-bond donors (Lipinski definition) is 2. The molecule has 146 valence electrons. The van der Waals surface area contributed by atoms with Crippen molar-refractivity contribution in [3.8, 4) is 0 Å². The lowest BCUT2D eigenvalue weighted by Gasteiger charge is -2.33. The highest BCUT2D eigenvalue weighted by Gasteiger charge is 2.26. The van der Waals surface area contributed by atoms with E-state index in [9.17, 15) is 9.59 Å². The van der Waals surface area contributed by atoms with Crippen molar-refractivity contribution in [3.05, 3.63) is 77.0 Å². The van der Waals surface area contributed by atoms with Gasteiger partial charge in [-0.1, -0.05) is 54.6 Å². The van der Waals surface area contributed by atoms with E-state index in [1.54, 1.807) is 6.08 Å². The molecule has 2 aromatic rings. The standard InChI is InChI=1S/C23H27N3O2/c1-18-8-6-7-11-21(18)17-25-12-14-26(15-13-25)23(28)22(24-19(2)27)16-20-9-4-3-5-10-20/h3-11,16H,12-15,17H2,1-2H3,(H,24,27)/p+1/b22-16-. The lowest BCUT2D eigenvalue weighted by molar-refractivity contribution is -0.917. The fraction of sp³-hybridized carbons (Fsp3) is 0.304. The van der Waals surface area contributed by atoms with Crippen molar-refractivity contribution in [2.24, 2.45) is 0 Å². The van der Waals surface area contributed by atoms with Gasteiger partial charge >= 0.3 is 0 Å². The van der Waals surface area contributed by atoms with Gasteiger partial charge in [-0.2, -0.15) is 0 Å². The molecule has 0 unspecified atom stereocenters. The zero-order chi connectivity index (χ0) is 19.9. The lowest BCUT2D eigenvalue weighted by atomic mass is 10.1. The van der Waals surface area contributed by atoms with Crippen LogP contribution in [0.15, 0.2) is 60.3 Å². The summed E-state index contributed by atoms with van der Waals surface area (Å²) >= 11 is 0. The molecule has 5 heteroatoms. The minimum Gasteiger partial charge on any atom is -0.328 e. The van der Waals surface area contributed by atoms with Crippen LogP contribution >= 0.6 is 0 Å². The molecule has 0 bridgehead atoms. The van der Waals surface area contributed by atoms with E-state index in [-0.39, 0.29) is 11.8 Å². The number of hydrogen-bond acceptors (Lipinski definition) is 2. The van der Waals surface area contributed by atoms with Crippen molar-refractivity contribution in [1.82, 2.24) is 10.2 Å². The first-order chi connectivity index (χ1) is 13.5. The van der Waals surface area contributed by atoms with Gasteiger partial charge in [0.1, 0.15) is 12.2 Å². The van der Waals surface area contributed by atoms with Crippen LogP contribution in [0.4, 0.5) is 0 Å². The maximum absolute atomic E-state index is 13.0. The predicted molar refractivity (Wildman–Crippen MR) is 110 cm³/mol. The van der Waals surface area contributed by atoms with Gasteiger partial charge < -0.3 is 15.1 Å². The summed E-state index contributed by atoms with van der Waals surface area (Å²) in [6, 6.07) is 18.0. The predicted octanol–water partition coefficient (Wildman–Crippen LogP) is 1.40. The fourth-order valence-electron chi connectivity index (χ4n) is 3.51. The summed E-state index contributed by atoms with van der Waals surface area (Å²) in [6.07, 6.45) is 1.75. The van der Waals surface area contributed by atoms with E-state index < -0.39 is 0 Å². The number of nitrogens with one attached hydrogen (secondary N) is 2. The Bertz CT molecular complexity index is 853. The second-order valence-corrected chi connectivity index (χ2v) is 7.30. The van der Waals surface area contributed by atoms with Crippen molar-refractivity contribution >= 4 is 17.9 Å². The van der Waals surface area contributed by atoms with Crippen LogP contribution in [0, 0.1) is 6.92 Å². The SMILES string of the molecule is CC(=O)N/C(=C\c1ccccc1)C(=O)N1CC[NH+](Cc2ccccc2C)CC1. The molecule has 1 heterocycles. The molecule has 2 amide bonds. The Morgan fingerprint density at radius 2 is 1.68 bits per heavy atom. The third kappa shape index (κ3) is 5.30. The van der Waals surface area contributed by atoms with Gasteiger partial charge in [0.2, 0.25) is 5.91 Å². The Morgan fingerprint density at radius 3 is 2.32 bits per heavy atom. The first-order valence-corrected chi connectivity index (χ1v) is 9.74. The molecule has 0 aliphatic carbocycles. The van der Waals surface area contributed by atoms with Crippen LogP contribution in [-0.2, 0) is 16.1 Å². The normalized spacial score (nSPS) is 15.4. The first-order valence-electron chi connectivity index (χ1n) is 9.74. The molecule has 0 saturated carbocycles. The maximum atomic E-state index is 13.0. The number of quaternary nitrogens is 1. The lowest BCUT2D eigenvalue weighted by Crippen LogP contribution is -3.13. The number of carbonyl (C=O) groups is 2. The highest BCUT2D eigenvalue weighted by molar-refractivity contribution is 6.00. The van der Waals surface area contributed by atoms with Crippen molar-refractivity contribution in [3.63, 3.8) is 0 Å². The number of rotatable bonds is 5. The fourth-order valence-corrected chi connectivity index (χ4v) is 3.51. The van der Waals surface area contributed by atoms with Gasteiger partial charge in [-0.3, -0.25) is 9.59 Å². The topological polar surface area (TPSA) is 53.9 Å². The second kappa shape index (κ2) is 9.33. The minimum atomic E-state index is -0.237. The van der Waals surface area contributed by atoms with Crippen molar-refractivity contribution in [1.29, 1.82) is 0 Å². The summed E-state index contributed by atoms with van der Waals surface area (Å²) in [6.45, 7) is 7.72. The van der Waals surface area contributed by atoms with Crippen LogP contribution in [-0.4, -0.2) is 42.9 Å². The molecular formula is C23H28N3O2+. The van der Waals surface area contributed by atoms with Crippen molar-refractivity contribution < 1.29 is 14.5 Å². The van der Waals surface area contributed by atoms with E-state index >= 15 is 0 Å². The van der Waals surface area contributed by atoms with Crippen LogP contribution in [0.2, 0.25) is 0 Å². The molecule has 3 rings (SSSR count). The zero-order valence-corrected chi connectivity index (χ0v) is 16.6. The molecule has 0 atom stereocenters. The molecule has 1 saturated heterocycles. The van der Waals surface area contributed by atoms with Gasteiger partial charge in [0.15, 0.2) is 0 Å². The first kappa shape index (κ1) is 19.8. The molecule has 2 N–H and O–H groups in total. The molecule has 28 heavy (non-hydrogen) atoms. The molecule has 1 aliphatic rings. The number of amides is 2. The van der Waals surface area contributed by atoms with Gasteiger partial charge in [-0.05, 0) is 24.1 Å². The maximum Gasteiger partial charge on any atom is 0.270 e. The molecule has 0 aromatic heterocycles. The Kier molecular flexibility index (Phi) is 6.61. The summed E-state index contributed by atoms with van der Waals surface area (Å²) in [5, 5.41) is 2.71. The Morgan fingerprint density at radius 1 is 1.04 bits per heavy atom. The van der Waals surface area contributed by atoms with E-state index in [0.29, 0.717) is 18.8 Å². The van der Waals surface area contributed by atoms with Gasteiger partial charge in [0.25, 0.3) is 5.91 Å². The molecule has 1 fully saturated rings. The monoisotopic (exact) mass is 378 g/mol. The van der Waals surface area contributed by atoms with E-state index in [1.165, 1.54) is 23.0 Å². The quantitative estimate of drug-likeness (QED) is 0.773. The molecule has 5 nitrogen and oxygen atoms in total. The van der Waals surface area contributed by atoms with E-state index in [4.69, 9.17) is 0 Å². The molecule has 0 radical (unpaired) electrons. The number of benzene rings is 2. The van der Waals surface area contributed by atoms with Gasteiger partial charge in [-0.25, -0.2) is 0 Å². The largest absolute Gasteiger partial charge is 0.328 e. The third-order valence-electron chi connectivity index (χ3n) is 5.11. The number of nitrogens with zero attached hydrogens (tertiary/aromatic N) is 1. The molecular weight excluding hydrogens is 350 g/mol. The molecule has 1 aliphatic heterocycles. The highest BCUT2D eigenvalue weighted by atomic mass is 16.2. The summed E-state index contributed by atoms with van der Waals surface area (Å²) in [5.41, 5.74) is 3.90. The van der Waals surface area contributed by atoms with Crippen LogP contribution in [0.3, 0.4) is 0 Å². The van der Waals surface area contributed by atoms with Crippen molar-refractivity contribution in [2.75, 3.05) is 26.2 Å². The Hall–Kier alpha value is -2.92. The van der Waals surface area contributed by atoms with Gasteiger partial charge in [0.05, 0.1) is 26.2 Å². The van der Waals surface area contributed by atoms with Gasteiger partial charge in [-0.15, -0.1) is 0 Å². The Balaban J connectivity index is 1.64. The van der Waals surface area contributed by atoms with E-state index in [1.807, 2.05) is 35.2 Å². The van der Waals surface area contributed by atoms with E-state index in [2.05, 4.69) is 36.5 Å². The van der Waals surface area contributed by atoms with Crippen LogP contribution in [0.1, 0.15) is 23.6 Å². The number of carbonyl (C=O) groups excluding carboxylic acids is 2. The third-order valence-corrected chi connectivity index (χ3v) is 5.11. The van der Waals surface area contributed by atoms with Crippen LogP contribution in [0.25, 0.3) is 6.08 Å². The number of aryl methyl sites for hydroxylation is 1. The van der Waals surface area contributed by atoms with Crippen LogP contribution < -0.4 is 10.2 Å². The summed E-state index contributed by atoms with van der Waals surface area (Å²) < 4.78 is 0. The average molecular weight is 378 g/mol. The molecule has 2 aromatic carbocycles. The smallest absolute Gasteiger partial charge is 0.270 e. The van der Waals surface area contributed by atoms with E-state index in [0.717, 1.165) is 25.2 Å². The second-order valence-electron chi connectivity index (χ2n) is 7.30. The number of piperazine rings is 1. The minimum absolute atomic E-state index is 0.117.